The molecule has 0 saturated heterocycles. The van der Waals surface area contributed by atoms with Crippen LogP contribution in [-0.2, 0) is 0 Å². The van der Waals surface area contributed by atoms with Crippen molar-refractivity contribution in [2.24, 2.45) is 0 Å². The smallest absolute Gasteiger partial charge is 0.183 e. The van der Waals surface area contributed by atoms with Gasteiger partial charge in [-0.05, 0) is 13.0 Å². The largest absolute Gasteiger partial charge is 0.205 e. The van der Waals surface area contributed by atoms with Gasteiger partial charge in [-0.2, -0.15) is 4.39 Å². The van der Waals surface area contributed by atoms with Crippen LogP contribution >= 0.6 is 0 Å². The zero-order valence-electron chi connectivity index (χ0n) is 5.26. The molecule has 0 nitrogen and oxygen atoms in total. The van der Waals surface area contributed by atoms with Gasteiger partial charge in [-0.25, -0.2) is 0 Å². The topological polar surface area (TPSA) is 0 Å². The van der Waals surface area contributed by atoms with Crippen LogP contribution < -0.4 is 0 Å². The van der Waals surface area contributed by atoms with E-state index < -0.39 is 0 Å². The number of halogens is 1. The molecule has 0 N–H and O–H groups in total. The second kappa shape index (κ2) is 2.53. The van der Waals surface area contributed by atoms with Gasteiger partial charge in [0.25, 0.3) is 0 Å². The molecule has 1 aliphatic rings. The molecule has 0 aromatic rings. The van der Waals surface area contributed by atoms with E-state index in [0.717, 1.165) is 5.57 Å². The summed E-state index contributed by atoms with van der Waals surface area (Å²) < 4.78 is 12.3. The third kappa shape index (κ3) is 1.46. The average Bonchev–Trinajstić information content (AvgIpc) is 1.88. The Morgan fingerprint density at radius 3 is 2.89 bits per heavy atom. The van der Waals surface area contributed by atoms with Crippen molar-refractivity contribution in [3.63, 3.8) is 0 Å². The summed E-state index contributed by atoms with van der Waals surface area (Å²) in [6, 6.07) is 0. The molecule has 9 heavy (non-hydrogen) atoms. The van der Waals surface area contributed by atoms with Crippen molar-refractivity contribution in [3.05, 3.63) is 42.1 Å². The van der Waals surface area contributed by atoms with Crippen LogP contribution in [0.5, 0.6) is 0 Å². The lowest BCUT2D eigenvalue weighted by Gasteiger charge is -1.91. The summed E-state index contributed by atoms with van der Waals surface area (Å²) in [6.07, 6.45) is 8.36. The molecule has 46 valence electrons. The third-order valence-electron chi connectivity index (χ3n) is 1.18. The molecule has 0 aromatic heterocycles. The highest BCUT2D eigenvalue weighted by Crippen LogP contribution is 2.14. The summed E-state index contributed by atoms with van der Waals surface area (Å²) in [6.45, 7) is 1.88. The maximum absolute atomic E-state index is 12.3. The number of hydrogen-bond donors (Lipinski definition) is 0. The summed E-state index contributed by atoms with van der Waals surface area (Å²) in [5.74, 6) is -0.175. The van der Waals surface area contributed by atoms with E-state index in [4.69, 9.17) is 0 Å². The molecule has 1 rings (SSSR count). The molecule has 1 aliphatic carbocycles. The van der Waals surface area contributed by atoms with E-state index in [9.17, 15) is 4.39 Å². The quantitative estimate of drug-likeness (QED) is 0.434. The van der Waals surface area contributed by atoms with Crippen molar-refractivity contribution in [3.8, 4) is 0 Å². The van der Waals surface area contributed by atoms with Crippen molar-refractivity contribution < 1.29 is 4.39 Å². The summed E-state index contributed by atoms with van der Waals surface area (Å²) in [5.41, 5.74) is 0.926. The minimum Gasteiger partial charge on any atom is -0.183 e. The van der Waals surface area contributed by atoms with Crippen LogP contribution in [0.15, 0.2) is 35.7 Å². The summed E-state index contributed by atoms with van der Waals surface area (Å²) in [5, 5.41) is 0. The molecular formula is C8H8F+. The first-order valence-electron chi connectivity index (χ1n) is 2.88. The van der Waals surface area contributed by atoms with Gasteiger partial charge in [0.1, 0.15) is 0 Å². The van der Waals surface area contributed by atoms with Crippen LogP contribution in [0.4, 0.5) is 4.39 Å². The summed E-state index contributed by atoms with van der Waals surface area (Å²) >= 11 is 0. The molecule has 0 amide bonds. The standard InChI is InChI=1S/C8H8F/c1-2-7-4-3-5-8(9)6-7/h2-6H,1H3/q+1/b7-2-. The molecule has 1 heteroatoms. The maximum Gasteiger partial charge on any atom is 0.205 e. The Labute approximate surface area is 54.4 Å². The first-order chi connectivity index (χ1) is 4.33. The predicted molar refractivity (Wildman–Crippen MR) is 36.4 cm³/mol. The monoisotopic (exact) mass is 123 g/mol. The highest BCUT2D eigenvalue weighted by atomic mass is 19.1. The predicted octanol–water partition coefficient (Wildman–Crippen LogP) is 2.56. The number of hydrogen-bond acceptors (Lipinski definition) is 0. The summed E-state index contributed by atoms with van der Waals surface area (Å²) in [7, 11) is 0. The van der Waals surface area contributed by atoms with Gasteiger partial charge >= 0.3 is 0 Å². The first kappa shape index (κ1) is 6.14. The van der Waals surface area contributed by atoms with Gasteiger partial charge < -0.3 is 0 Å². The maximum atomic E-state index is 12.3. The molecule has 0 heterocycles. The van der Waals surface area contributed by atoms with Crippen LogP contribution in [0.2, 0.25) is 0 Å². The fourth-order valence-electron chi connectivity index (χ4n) is 0.686. The number of allylic oxidation sites excluding steroid dienone is 6. The molecule has 0 saturated carbocycles. The van der Waals surface area contributed by atoms with Crippen molar-refractivity contribution in [1.82, 2.24) is 0 Å². The lowest BCUT2D eigenvalue weighted by molar-refractivity contribution is 0.664. The minimum atomic E-state index is -0.175. The average molecular weight is 123 g/mol. The van der Waals surface area contributed by atoms with E-state index in [2.05, 4.69) is 0 Å². The first-order valence-corrected chi connectivity index (χ1v) is 2.88. The lowest BCUT2D eigenvalue weighted by Crippen LogP contribution is -1.83. The van der Waals surface area contributed by atoms with Crippen LogP contribution in [0, 0.1) is 6.42 Å². The SMILES string of the molecule is C/C=C1\C=C(F)C=C[CH+]1. The zero-order chi connectivity index (χ0) is 6.69. The van der Waals surface area contributed by atoms with E-state index >= 15 is 0 Å². The fourth-order valence-corrected chi connectivity index (χ4v) is 0.686. The fraction of sp³-hybridized carbons (Fsp3) is 0.125. The zero-order valence-corrected chi connectivity index (χ0v) is 5.26. The van der Waals surface area contributed by atoms with E-state index in [1.54, 1.807) is 6.08 Å². The minimum absolute atomic E-state index is 0.175. The Morgan fingerprint density at radius 2 is 2.44 bits per heavy atom. The van der Waals surface area contributed by atoms with Crippen LogP contribution in [0.1, 0.15) is 6.92 Å². The Morgan fingerprint density at radius 1 is 1.67 bits per heavy atom. The van der Waals surface area contributed by atoms with Crippen LogP contribution in [0.25, 0.3) is 0 Å². The molecule has 0 atom stereocenters. The molecule has 0 aliphatic heterocycles. The Bertz CT molecular complexity index is 185. The van der Waals surface area contributed by atoms with Gasteiger partial charge in [0.2, 0.25) is 5.83 Å². The molecule has 0 radical (unpaired) electrons. The Kier molecular flexibility index (Phi) is 1.73. The molecule has 0 unspecified atom stereocenters. The normalized spacial score (nSPS) is 21.6. The van der Waals surface area contributed by atoms with Gasteiger partial charge in [0.05, 0.1) is 17.7 Å². The van der Waals surface area contributed by atoms with Crippen LogP contribution in [-0.4, -0.2) is 0 Å². The summed E-state index contributed by atoms with van der Waals surface area (Å²) in [4.78, 5) is 0. The van der Waals surface area contributed by atoms with Crippen molar-refractivity contribution in [2.75, 3.05) is 0 Å². The van der Waals surface area contributed by atoms with E-state index in [0.29, 0.717) is 0 Å². The third-order valence-corrected chi connectivity index (χ3v) is 1.18. The molecule has 0 spiro atoms. The van der Waals surface area contributed by atoms with Crippen molar-refractivity contribution in [2.45, 2.75) is 6.92 Å². The Hall–Kier alpha value is -0.980. The molecule has 0 bridgehead atoms. The van der Waals surface area contributed by atoms with Gasteiger partial charge in [0, 0.05) is 12.5 Å². The van der Waals surface area contributed by atoms with Crippen LogP contribution in [0.3, 0.4) is 0 Å². The highest BCUT2D eigenvalue weighted by Gasteiger charge is 2.05. The number of rotatable bonds is 0. The van der Waals surface area contributed by atoms with Crippen molar-refractivity contribution in [1.29, 1.82) is 0 Å². The molecule has 0 aromatic carbocycles. The van der Waals surface area contributed by atoms with E-state index in [-0.39, 0.29) is 5.83 Å². The van der Waals surface area contributed by atoms with E-state index in [1.165, 1.54) is 12.2 Å². The lowest BCUT2D eigenvalue weighted by atomic mass is 10.1. The second-order valence-corrected chi connectivity index (χ2v) is 1.84. The van der Waals surface area contributed by atoms with Gasteiger partial charge in [-0.3, -0.25) is 0 Å². The highest BCUT2D eigenvalue weighted by molar-refractivity contribution is 5.40. The Balaban J connectivity index is 2.78. The second-order valence-electron chi connectivity index (χ2n) is 1.84. The molecule has 0 fully saturated rings. The van der Waals surface area contributed by atoms with Gasteiger partial charge in [0.15, 0.2) is 0 Å². The van der Waals surface area contributed by atoms with Gasteiger partial charge in [-0.1, -0.05) is 0 Å². The van der Waals surface area contributed by atoms with E-state index in [1.807, 2.05) is 19.4 Å². The van der Waals surface area contributed by atoms with Gasteiger partial charge in [-0.15, -0.1) is 0 Å². The van der Waals surface area contributed by atoms with Crippen molar-refractivity contribution >= 4 is 0 Å². The molecular weight excluding hydrogens is 115 g/mol.